The number of rotatable bonds is 6. The number of halogens is 1. The van der Waals surface area contributed by atoms with Gasteiger partial charge >= 0.3 is 0 Å². The zero-order valence-corrected chi connectivity index (χ0v) is 11.0. The maximum atomic E-state index is 9.62. The zero-order valence-electron chi connectivity index (χ0n) is 9.45. The Morgan fingerprint density at radius 3 is 2.81 bits per heavy atom. The third kappa shape index (κ3) is 3.68. The Labute approximate surface area is 105 Å². The summed E-state index contributed by atoms with van der Waals surface area (Å²) in [7, 11) is 0. The third-order valence-corrected chi connectivity index (χ3v) is 2.93. The molecule has 0 aromatic heterocycles. The van der Waals surface area contributed by atoms with Crippen LogP contribution in [0.3, 0.4) is 0 Å². The summed E-state index contributed by atoms with van der Waals surface area (Å²) in [5.74, 6) is 0.693. The van der Waals surface area contributed by atoms with Gasteiger partial charge in [-0.25, -0.2) is 0 Å². The Hall–Kier alpha value is -0.740. The standard InChI is InChI=1S/C12H18BrNO2/c1-2-3-6-16-12-5-4-9(7-10(12)14)11(15)8-13/h4-5,7,11,15H,2-3,6,8,14H2,1H3/t11-/m0/s1. The van der Waals surface area contributed by atoms with E-state index in [1.54, 1.807) is 6.07 Å². The molecule has 1 aromatic carbocycles. The quantitative estimate of drug-likeness (QED) is 0.481. The molecule has 0 aliphatic heterocycles. The molecule has 1 rings (SSSR count). The summed E-state index contributed by atoms with van der Waals surface area (Å²) in [5.41, 5.74) is 7.23. The number of hydrogen-bond donors (Lipinski definition) is 2. The number of nitrogen functional groups attached to an aromatic ring is 1. The van der Waals surface area contributed by atoms with E-state index in [2.05, 4.69) is 22.9 Å². The number of hydrogen-bond acceptors (Lipinski definition) is 3. The number of aliphatic hydroxyl groups is 1. The first-order valence-corrected chi connectivity index (χ1v) is 6.57. The first-order valence-electron chi connectivity index (χ1n) is 5.45. The van der Waals surface area contributed by atoms with E-state index in [1.807, 2.05) is 12.1 Å². The van der Waals surface area contributed by atoms with E-state index in [9.17, 15) is 5.11 Å². The number of alkyl halides is 1. The van der Waals surface area contributed by atoms with Gasteiger partial charge in [0.1, 0.15) is 5.75 Å². The van der Waals surface area contributed by atoms with Gasteiger partial charge in [0.2, 0.25) is 0 Å². The van der Waals surface area contributed by atoms with Crippen molar-refractivity contribution in [2.45, 2.75) is 25.9 Å². The summed E-state index contributed by atoms with van der Waals surface area (Å²) >= 11 is 3.22. The highest BCUT2D eigenvalue weighted by atomic mass is 79.9. The van der Waals surface area contributed by atoms with Gasteiger partial charge in [0, 0.05) is 5.33 Å². The van der Waals surface area contributed by atoms with Crippen LogP contribution >= 0.6 is 15.9 Å². The molecular weight excluding hydrogens is 270 g/mol. The first kappa shape index (κ1) is 13.3. The molecule has 4 heteroatoms. The van der Waals surface area contributed by atoms with Crippen LogP contribution in [0.5, 0.6) is 5.75 Å². The van der Waals surface area contributed by atoms with Crippen molar-refractivity contribution in [3.63, 3.8) is 0 Å². The SMILES string of the molecule is CCCCOc1ccc([C@@H](O)CBr)cc1N. The number of unbranched alkanes of at least 4 members (excludes halogenated alkanes) is 1. The monoisotopic (exact) mass is 287 g/mol. The second-order valence-electron chi connectivity index (χ2n) is 3.67. The molecule has 0 heterocycles. The normalized spacial score (nSPS) is 12.4. The first-order chi connectivity index (χ1) is 7.69. The Morgan fingerprint density at radius 1 is 1.50 bits per heavy atom. The van der Waals surface area contributed by atoms with Crippen LogP contribution in [-0.2, 0) is 0 Å². The van der Waals surface area contributed by atoms with Gasteiger partial charge in [0.15, 0.2) is 0 Å². The molecule has 0 aliphatic rings. The van der Waals surface area contributed by atoms with E-state index < -0.39 is 6.10 Å². The lowest BCUT2D eigenvalue weighted by Gasteiger charge is -2.12. The Bertz CT molecular complexity index is 331. The maximum Gasteiger partial charge on any atom is 0.142 e. The number of anilines is 1. The van der Waals surface area contributed by atoms with E-state index in [0.29, 0.717) is 23.4 Å². The second kappa shape index (κ2) is 6.76. The van der Waals surface area contributed by atoms with Gasteiger partial charge in [-0.05, 0) is 24.1 Å². The molecule has 0 bridgehead atoms. The summed E-state index contributed by atoms with van der Waals surface area (Å²) in [6.45, 7) is 2.79. The second-order valence-corrected chi connectivity index (χ2v) is 4.32. The van der Waals surface area contributed by atoms with Crippen LogP contribution in [0.2, 0.25) is 0 Å². The van der Waals surface area contributed by atoms with Gasteiger partial charge in [-0.15, -0.1) is 0 Å². The lowest BCUT2D eigenvalue weighted by Crippen LogP contribution is -2.03. The molecule has 0 saturated heterocycles. The number of benzene rings is 1. The Kier molecular flexibility index (Phi) is 5.63. The molecule has 0 radical (unpaired) electrons. The van der Waals surface area contributed by atoms with E-state index in [4.69, 9.17) is 10.5 Å². The van der Waals surface area contributed by atoms with Crippen LogP contribution in [-0.4, -0.2) is 17.0 Å². The molecule has 3 N–H and O–H groups in total. The van der Waals surface area contributed by atoms with Crippen molar-refractivity contribution in [3.8, 4) is 5.75 Å². The summed E-state index contributed by atoms with van der Waals surface area (Å²) in [5, 5.41) is 10.1. The van der Waals surface area contributed by atoms with Gasteiger partial charge in [0.25, 0.3) is 0 Å². The largest absolute Gasteiger partial charge is 0.491 e. The molecule has 0 unspecified atom stereocenters. The van der Waals surface area contributed by atoms with Crippen LogP contribution in [0.15, 0.2) is 18.2 Å². The minimum atomic E-state index is -0.521. The molecule has 16 heavy (non-hydrogen) atoms. The summed E-state index contributed by atoms with van der Waals surface area (Å²) in [6, 6.07) is 5.41. The fourth-order valence-corrected chi connectivity index (χ4v) is 1.70. The molecule has 90 valence electrons. The van der Waals surface area contributed by atoms with Crippen molar-refractivity contribution >= 4 is 21.6 Å². The highest BCUT2D eigenvalue weighted by Crippen LogP contribution is 2.26. The molecule has 1 atom stereocenters. The van der Waals surface area contributed by atoms with E-state index in [1.165, 1.54) is 0 Å². The molecule has 0 aliphatic carbocycles. The van der Waals surface area contributed by atoms with E-state index >= 15 is 0 Å². The molecule has 0 spiro atoms. The third-order valence-electron chi connectivity index (χ3n) is 2.32. The van der Waals surface area contributed by atoms with Crippen molar-refractivity contribution in [2.24, 2.45) is 0 Å². The highest BCUT2D eigenvalue weighted by molar-refractivity contribution is 9.09. The molecule has 0 fully saturated rings. The fourth-order valence-electron chi connectivity index (χ4n) is 1.32. The predicted octanol–water partition coefficient (Wildman–Crippen LogP) is 2.88. The van der Waals surface area contributed by atoms with Crippen LogP contribution in [0.4, 0.5) is 5.69 Å². The van der Waals surface area contributed by atoms with Gasteiger partial charge < -0.3 is 15.6 Å². The molecule has 0 amide bonds. The van der Waals surface area contributed by atoms with Crippen molar-refractivity contribution < 1.29 is 9.84 Å². The van der Waals surface area contributed by atoms with Gasteiger partial charge in [-0.3, -0.25) is 0 Å². The molecule has 1 aromatic rings. The lowest BCUT2D eigenvalue weighted by molar-refractivity contribution is 0.205. The molecular formula is C12H18BrNO2. The average molecular weight is 288 g/mol. The Balaban J connectivity index is 2.67. The van der Waals surface area contributed by atoms with Crippen molar-refractivity contribution in [1.29, 1.82) is 0 Å². The van der Waals surface area contributed by atoms with Crippen LogP contribution in [0, 0.1) is 0 Å². The smallest absolute Gasteiger partial charge is 0.142 e. The number of aliphatic hydroxyl groups excluding tert-OH is 1. The van der Waals surface area contributed by atoms with Crippen LogP contribution in [0.1, 0.15) is 31.4 Å². The maximum absolute atomic E-state index is 9.62. The summed E-state index contributed by atoms with van der Waals surface area (Å²) < 4.78 is 5.53. The van der Waals surface area contributed by atoms with Crippen LogP contribution < -0.4 is 10.5 Å². The predicted molar refractivity (Wildman–Crippen MR) is 70.0 cm³/mol. The zero-order chi connectivity index (χ0) is 12.0. The van der Waals surface area contributed by atoms with E-state index in [-0.39, 0.29) is 0 Å². The minimum Gasteiger partial charge on any atom is -0.491 e. The highest BCUT2D eigenvalue weighted by Gasteiger charge is 2.08. The molecule has 0 saturated carbocycles. The van der Waals surface area contributed by atoms with Crippen LogP contribution in [0.25, 0.3) is 0 Å². The van der Waals surface area contributed by atoms with Gasteiger partial charge in [-0.2, -0.15) is 0 Å². The van der Waals surface area contributed by atoms with Gasteiger partial charge in [0.05, 0.1) is 18.4 Å². The Morgan fingerprint density at radius 2 is 2.25 bits per heavy atom. The minimum absolute atomic E-state index is 0.502. The van der Waals surface area contributed by atoms with Crippen molar-refractivity contribution in [2.75, 3.05) is 17.7 Å². The van der Waals surface area contributed by atoms with Crippen molar-refractivity contribution in [3.05, 3.63) is 23.8 Å². The average Bonchev–Trinajstić information content (AvgIpc) is 2.30. The topological polar surface area (TPSA) is 55.5 Å². The lowest BCUT2D eigenvalue weighted by atomic mass is 10.1. The number of nitrogens with two attached hydrogens (primary N) is 1. The number of ether oxygens (including phenoxy) is 1. The summed E-state index contributed by atoms with van der Waals surface area (Å²) in [6.07, 6.45) is 1.60. The van der Waals surface area contributed by atoms with E-state index in [0.717, 1.165) is 18.4 Å². The van der Waals surface area contributed by atoms with Gasteiger partial charge in [-0.1, -0.05) is 35.3 Å². The summed E-state index contributed by atoms with van der Waals surface area (Å²) in [4.78, 5) is 0. The molecule has 3 nitrogen and oxygen atoms in total. The fraction of sp³-hybridized carbons (Fsp3) is 0.500. The van der Waals surface area contributed by atoms with Crippen molar-refractivity contribution in [1.82, 2.24) is 0 Å².